The summed E-state index contributed by atoms with van der Waals surface area (Å²) in [5.41, 5.74) is 13.3. The van der Waals surface area contributed by atoms with Crippen LogP contribution in [0, 0.1) is 0 Å². The molecule has 2 aliphatic carbocycles. The summed E-state index contributed by atoms with van der Waals surface area (Å²) in [6.45, 7) is 2.36. The van der Waals surface area contributed by atoms with Crippen LogP contribution in [-0.2, 0) is 42.0 Å². The van der Waals surface area contributed by atoms with E-state index in [2.05, 4.69) is 183 Å². The van der Waals surface area contributed by atoms with E-state index in [1.807, 2.05) is 0 Å². The Hall–Kier alpha value is -3.82. The van der Waals surface area contributed by atoms with Crippen LogP contribution in [0.3, 0.4) is 0 Å². The zero-order valence-corrected chi connectivity index (χ0v) is 35.3. The first-order chi connectivity index (χ1) is 26.5. The third kappa shape index (κ3) is 6.05. The van der Waals surface area contributed by atoms with Gasteiger partial charge in [-0.05, 0) is 0 Å². The predicted molar refractivity (Wildman–Crippen MR) is 226 cm³/mol. The quantitative estimate of drug-likeness (QED) is 0.0932. The van der Waals surface area contributed by atoms with E-state index in [0.29, 0.717) is 6.42 Å². The molecule has 5 heteroatoms. The Kier molecular flexibility index (Phi) is 9.97. The second-order valence-corrected chi connectivity index (χ2v) is 26.9. The second kappa shape index (κ2) is 15.0. The molecule has 0 heterocycles. The van der Waals surface area contributed by atoms with Crippen LogP contribution in [0.5, 0.6) is 0 Å². The number of rotatable bonds is 11. The molecule has 0 saturated carbocycles. The van der Waals surface area contributed by atoms with Crippen molar-refractivity contribution in [3.8, 4) is 22.3 Å². The number of hydrogen-bond donors (Lipinski definition) is 0. The van der Waals surface area contributed by atoms with Gasteiger partial charge in [0.1, 0.15) is 0 Å². The number of fused-ring (bicyclic) bond motifs is 6. The van der Waals surface area contributed by atoms with E-state index < -0.39 is 33.1 Å². The SMILES string of the molecule is CCC(C[CH](O[Si](c1ccccc1)(c1ccccc1)c1ccccc1)[Zr]([Cl])[Cl])(c1cccc2c1Cc1ccccc1-2)c1cccc2c1Cc1ccccc1-2. The van der Waals surface area contributed by atoms with Crippen LogP contribution in [0.4, 0.5) is 0 Å². The van der Waals surface area contributed by atoms with Gasteiger partial charge in [-0.3, -0.25) is 0 Å². The summed E-state index contributed by atoms with van der Waals surface area (Å²) in [5.74, 6) is 0. The fourth-order valence-electron chi connectivity index (χ4n) is 9.52. The molecule has 7 aromatic rings. The monoisotopic (exact) mass is 833 g/mol. The zero-order valence-electron chi connectivity index (χ0n) is 30.3. The van der Waals surface area contributed by atoms with Gasteiger partial charge in [-0.15, -0.1) is 0 Å². The second-order valence-electron chi connectivity index (χ2n) is 14.6. The van der Waals surface area contributed by atoms with E-state index in [4.69, 9.17) is 21.5 Å². The molecule has 0 radical (unpaired) electrons. The first-order valence-electron chi connectivity index (χ1n) is 19.0. The number of benzene rings is 7. The molecular weight excluding hydrogens is 795 g/mol. The van der Waals surface area contributed by atoms with E-state index in [9.17, 15) is 0 Å². The molecule has 0 aliphatic heterocycles. The van der Waals surface area contributed by atoms with Crippen molar-refractivity contribution in [2.45, 2.75) is 41.8 Å². The van der Waals surface area contributed by atoms with E-state index in [1.165, 1.54) is 71.2 Å². The van der Waals surface area contributed by atoms with Gasteiger partial charge in [-0.1, -0.05) is 0 Å². The average molecular weight is 836 g/mol. The van der Waals surface area contributed by atoms with Gasteiger partial charge >= 0.3 is 338 Å². The minimum atomic E-state index is -3.24. The van der Waals surface area contributed by atoms with Gasteiger partial charge < -0.3 is 0 Å². The molecule has 0 spiro atoms. The van der Waals surface area contributed by atoms with Crippen LogP contribution in [-0.4, -0.2) is 12.1 Å². The van der Waals surface area contributed by atoms with Crippen LogP contribution < -0.4 is 15.6 Å². The molecule has 9 rings (SSSR count). The average Bonchev–Trinajstić information content (AvgIpc) is 3.81. The molecule has 1 unspecified atom stereocenters. The van der Waals surface area contributed by atoms with Crippen molar-refractivity contribution in [3.05, 3.63) is 209 Å². The maximum atomic E-state index is 7.98. The Bertz CT molecular complexity index is 2240. The third-order valence-corrected chi connectivity index (χ3v) is 21.5. The van der Waals surface area contributed by atoms with Gasteiger partial charge in [0.25, 0.3) is 0 Å². The molecule has 265 valence electrons. The Labute approximate surface area is 335 Å². The fraction of sp³-hybridized carbons (Fsp3) is 0.143. The molecule has 0 bridgehead atoms. The standard InChI is InChI=1S/C49H41OSi.2ClH.Zr/c1-2-49(47-30-16-28-43-41-26-14-12-18-36(41)34-45(43)47,48-31-17-29-44-42-27-15-13-19-37(42)35-46(44)48)32-33-50-51(38-20-6-3-7-21-38,39-22-8-4-9-23-39)40-24-10-5-11-25-40;;;/h3-31,33H,2,32,34-35H2,1H3;2*1H;/q;;;+2/p-2. The van der Waals surface area contributed by atoms with Crippen LogP contribution in [0.25, 0.3) is 22.3 Å². The molecule has 0 saturated heterocycles. The Balaban J connectivity index is 1.27. The van der Waals surface area contributed by atoms with Crippen molar-refractivity contribution in [1.82, 2.24) is 0 Å². The Morgan fingerprint density at radius 1 is 0.519 bits per heavy atom. The fourth-order valence-corrected chi connectivity index (χ4v) is 19.2. The van der Waals surface area contributed by atoms with Crippen LogP contribution in [0.2, 0.25) is 0 Å². The van der Waals surface area contributed by atoms with Crippen molar-refractivity contribution in [2.75, 3.05) is 0 Å². The zero-order chi connectivity index (χ0) is 36.7. The predicted octanol–water partition coefficient (Wildman–Crippen LogP) is 10.9. The van der Waals surface area contributed by atoms with Crippen molar-refractivity contribution >= 4 is 40.9 Å². The summed E-state index contributed by atoms with van der Waals surface area (Å²) < 4.78 is 7.67. The number of halogens is 2. The molecule has 1 nitrogen and oxygen atoms in total. The minimum absolute atomic E-state index is 0.317. The first kappa shape index (κ1) is 35.9. The Morgan fingerprint density at radius 2 is 0.907 bits per heavy atom. The van der Waals surface area contributed by atoms with E-state index in [0.717, 1.165) is 19.3 Å². The summed E-state index contributed by atoms with van der Waals surface area (Å²) in [4.78, 5) is 0. The molecule has 54 heavy (non-hydrogen) atoms. The van der Waals surface area contributed by atoms with E-state index in [1.54, 1.807) is 0 Å². The summed E-state index contributed by atoms with van der Waals surface area (Å²) in [7, 11) is 11.9. The van der Waals surface area contributed by atoms with Gasteiger partial charge in [0.2, 0.25) is 0 Å². The summed E-state index contributed by atoms with van der Waals surface area (Å²) >= 11 is -3.24. The van der Waals surface area contributed by atoms with Gasteiger partial charge in [0.15, 0.2) is 0 Å². The molecule has 0 aromatic heterocycles. The summed E-state index contributed by atoms with van der Waals surface area (Å²) in [6, 6.07) is 64.3. The molecule has 0 fully saturated rings. The Morgan fingerprint density at radius 3 is 1.31 bits per heavy atom. The summed E-state index contributed by atoms with van der Waals surface area (Å²) in [6.07, 6.45) is 3.40. The van der Waals surface area contributed by atoms with Crippen molar-refractivity contribution in [1.29, 1.82) is 0 Å². The summed E-state index contributed by atoms with van der Waals surface area (Å²) in [5, 5.41) is 3.58. The van der Waals surface area contributed by atoms with Gasteiger partial charge in [-0.2, -0.15) is 0 Å². The topological polar surface area (TPSA) is 9.23 Å². The molecule has 7 aromatic carbocycles. The molecular formula is C49H41Cl2OSiZr. The van der Waals surface area contributed by atoms with Crippen LogP contribution >= 0.6 is 17.0 Å². The molecule has 0 N–H and O–H groups in total. The van der Waals surface area contributed by atoms with Crippen LogP contribution in [0.1, 0.15) is 53.1 Å². The van der Waals surface area contributed by atoms with Gasteiger partial charge in [0.05, 0.1) is 0 Å². The molecule has 2 aliphatic rings. The van der Waals surface area contributed by atoms with E-state index >= 15 is 0 Å². The molecule has 1 atom stereocenters. The van der Waals surface area contributed by atoms with E-state index in [-0.39, 0.29) is 3.81 Å². The maximum absolute atomic E-state index is 7.98. The first-order valence-corrected chi connectivity index (χ1v) is 28.6. The van der Waals surface area contributed by atoms with Crippen molar-refractivity contribution in [2.24, 2.45) is 0 Å². The normalized spacial score (nSPS) is 13.5. The van der Waals surface area contributed by atoms with Gasteiger partial charge in [-0.25, -0.2) is 0 Å². The third-order valence-electron chi connectivity index (χ3n) is 12.0. The molecule has 0 amide bonds. The number of hydrogen-bond acceptors (Lipinski definition) is 1. The van der Waals surface area contributed by atoms with Crippen molar-refractivity contribution < 1.29 is 23.8 Å². The van der Waals surface area contributed by atoms with Crippen LogP contribution in [0.15, 0.2) is 176 Å². The van der Waals surface area contributed by atoms with Gasteiger partial charge in [0, 0.05) is 0 Å². The van der Waals surface area contributed by atoms with Crippen molar-refractivity contribution in [3.63, 3.8) is 0 Å².